The Kier molecular flexibility index (Phi) is 9.16. The van der Waals surface area contributed by atoms with Gasteiger partial charge in [0.25, 0.3) is 0 Å². The van der Waals surface area contributed by atoms with Crippen molar-refractivity contribution in [3.8, 4) is 11.8 Å². The molecule has 0 amide bonds. The van der Waals surface area contributed by atoms with Gasteiger partial charge in [-0.2, -0.15) is 0 Å². The highest BCUT2D eigenvalue weighted by molar-refractivity contribution is 5.91. The summed E-state index contributed by atoms with van der Waals surface area (Å²) < 4.78 is 8.14. The first kappa shape index (κ1) is 25.2. The predicted octanol–water partition coefficient (Wildman–Crippen LogP) is 5.46. The molecule has 0 spiro atoms. The van der Waals surface area contributed by atoms with Gasteiger partial charge in [-0.3, -0.25) is 0 Å². The van der Waals surface area contributed by atoms with E-state index in [-0.39, 0.29) is 0 Å². The van der Waals surface area contributed by atoms with E-state index in [0.717, 1.165) is 72.3 Å². The average molecular weight is 474 g/mol. The van der Waals surface area contributed by atoms with Crippen molar-refractivity contribution >= 4 is 16.9 Å². The Morgan fingerprint density at radius 1 is 1.06 bits per heavy atom. The Morgan fingerprint density at radius 3 is 2.63 bits per heavy atom. The smallest absolute Gasteiger partial charge is 0.151 e. The quantitative estimate of drug-likeness (QED) is 0.313. The van der Waals surface area contributed by atoms with Crippen molar-refractivity contribution in [1.82, 2.24) is 19.4 Å². The number of unbranched alkanes of at least 4 members (excludes halogenated alkanes) is 2. The van der Waals surface area contributed by atoms with Crippen molar-refractivity contribution in [3.05, 3.63) is 53.0 Å². The molecular formula is C29H39N5O. The fourth-order valence-electron chi connectivity index (χ4n) is 4.75. The van der Waals surface area contributed by atoms with Crippen LogP contribution < -0.4 is 5.73 Å². The second-order valence-corrected chi connectivity index (χ2v) is 9.49. The number of aryl methyl sites for hydroxylation is 1. The first-order chi connectivity index (χ1) is 17.2. The zero-order valence-electron chi connectivity index (χ0n) is 21.4. The molecule has 0 unspecified atom stereocenters. The molecule has 4 rings (SSSR count). The molecule has 3 aromatic rings. The van der Waals surface area contributed by atoms with Crippen LogP contribution in [0.25, 0.3) is 11.0 Å². The number of likely N-dealkylation sites (tertiary alicyclic amines) is 1. The second-order valence-electron chi connectivity index (χ2n) is 9.49. The molecule has 1 saturated heterocycles. The van der Waals surface area contributed by atoms with Gasteiger partial charge in [-0.25, -0.2) is 9.97 Å². The van der Waals surface area contributed by atoms with E-state index in [1.54, 1.807) is 0 Å². The summed E-state index contributed by atoms with van der Waals surface area (Å²) in [5.74, 6) is 8.17. The fraction of sp³-hybridized carbons (Fsp3) is 0.517. The van der Waals surface area contributed by atoms with Gasteiger partial charge in [-0.05, 0) is 57.8 Å². The van der Waals surface area contributed by atoms with Crippen LogP contribution in [0, 0.1) is 18.8 Å². The van der Waals surface area contributed by atoms with E-state index in [1.165, 1.54) is 32.4 Å². The molecule has 2 aromatic heterocycles. The Labute approximate surface area is 209 Å². The maximum absolute atomic E-state index is 6.47. The maximum Gasteiger partial charge on any atom is 0.151 e. The Balaban J connectivity index is 1.54. The molecule has 35 heavy (non-hydrogen) atoms. The van der Waals surface area contributed by atoms with Crippen LogP contribution in [0.15, 0.2) is 30.3 Å². The van der Waals surface area contributed by atoms with Gasteiger partial charge >= 0.3 is 0 Å². The Hall–Kier alpha value is -2.88. The average Bonchev–Trinajstić information content (AvgIpc) is 3.15. The van der Waals surface area contributed by atoms with Crippen LogP contribution >= 0.6 is 0 Å². The van der Waals surface area contributed by atoms with Gasteiger partial charge in [0.1, 0.15) is 23.6 Å². The van der Waals surface area contributed by atoms with Gasteiger partial charge in [0.2, 0.25) is 0 Å². The number of fused-ring (bicyclic) bond motifs is 1. The number of piperidine rings is 1. The number of rotatable bonds is 10. The lowest BCUT2D eigenvalue weighted by atomic mass is 10.1. The molecule has 0 atom stereocenters. The summed E-state index contributed by atoms with van der Waals surface area (Å²) in [7, 11) is 0. The molecule has 186 valence electrons. The Bertz CT molecular complexity index is 1150. The zero-order valence-corrected chi connectivity index (χ0v) is 21.4. The summed E-state index contributed by atoms with van der Waals surface area (Å²) in [6, 6.07) is 10.2. The van der Waals surface area contributed by atoms with Crippen LogP contribution in [-0.4, -0.2) is 39.1 Å². The lowest BCUT2D eigenvalue weighted by Gasteiger charge is -2.25. The molecule has 6 nitrogen and oxygen atoms in total. The number of nitrogen functional groups attached to an aromatic ring is 1. The van der Waals surface area contributed by atoms with Crippen molar-refractivity contribution in [3.63, 3.8) is 0 Å². The summed E-state index contributed by atoms with van der Waals surface area (Å²) in [5, 5.41) is 0. The van der Waals surface area contributed by atoms with Gasteiger partial charge < -0.3 is 19.9 Å². The monoisotopic (exact) mass is 473 g/mol. The van der Waals surface area contributed by atoms with Crippen LogP contribution in [0.2, 0.25) is 0 Å². The third-order valence-electron chi connectivity index (χ3n) is 6.75. The third-order valence-corrected chi connectivity index (χ3v) is 6.75. The van der Waals surface area contributed by atoms with Gasteiger partial charge in [0.15, 0.2) is 5.82 Å². The number of hydrogen-bond donors (Lipinski definition) is 1. The summed E-state index contributed by atoms with van der Waals surface area (Å²) >= 11 is 0. The van der Waals surface area contributed by atoms with Crippen molar-refractivity contribution in [2.24, 2.45) is 0 Å². The minimum atomic E-state index is 0.385. The molecule has 1 aromatic carbocycles. The lowest BCUT2D eigenvalue weighted by molar-refractivity contribution is 0.0657. The highest BCUT2D eigenvalue weighted by Crippen LogP contribution is 2.28. The van der Waals surface area contributed by atoms with Gasteiger partial charge in [0, 0.05) is 18.5 Å². The van der Waals surface area contributed by atoms with E-state index < -0.39 is 0 Å². The molecule has 6 heteroatoms. The van der Waals surface area contributed by atoms with Crippen LogP contribution in [-0.2, 0) is 24.5 Å². The number of nitrogens with zero attached hydrogens (tertiary/aromatic N) is 4. The molecular weight excluding hydrogens is 434 g/mol. The summed E-state index contributed by atoms with van der Waals surface area (Å²) in [6.07, 6.45) is 8.99. The summed E-state index contributed by atoms with van der Waals surface area (Å²) in [6.45, 7) is 8.78. The van der Waals surface area contributed by atoms with Crippen LogP contribution in [0.3, 0.4) is 0 Å². The minimum absolute atomic E-state index is 0.385. The zero-order chi connectivity index (χ0) is 24.5. The first-order valence-electron chi connectivity index (χ1n) is 13.2. The lowest BCUT2D eigenvalue weighted by Crippen LogP contribution is -2.30. The molecule has 0 bridgehead atoms. The topological polar surface area (TPSA) is 69.2 Å². The highest BCUT2D eigenvalue weighted by atomic mass is 16.5. The first-order valence-corrected chi connectivity index (χ1v) is 13.2. The maximum atomic E-state index is 6.47. The molecule has 0 aliphatic carbocycles. The van der Waals surface area contributed by atoms with Gasteiger partial charge in [0.05, 0.1) is 12.2 Å². The van der Waals surface area contributed by atoms with E-state index in [2.05, 4.69) is 52.3 Å². The number of nitrogens with two attached hydrogens (primary N) is 1. The SMILES string of the molecule is CCCCc1nc(N)c2c(n1)c(C#CCCCN1CCCCC1)c(C)n2COCc1ccccc1. The van der Waals surface area contributed by atoms with Crippen LogP contribution in [0.4, 0.5) is 5.82 Å². The number of aromatic nitrogens is 3. The third kappa shape index (κ3) is 6.62. The van der Waals surface area contributed by atoms with Gasteiger partial charge in [-0.15, -0.1) is 0 Å². The van der Waals surface area contributed by atoms with Gasteiger partial charge in [-0.1, -0.05) is 61.9 Å². The summed E-state index contributed by atoms with van der Waals surface area (Å²) in [5.41, 5.74) is 11.3. The van der Waals surface area contributed by atoms with E-state index in [1.807, 2.05) is 18.2 Å². The second kappa shape index (κ2) is 12.7. The molecule has 1 aliphatic rings. The fourth-order valence-corrected chi connectivity index (χ4v) is 4.75. The van der Waals surface area contributed by atoms with E-state index >= 15 is 0 Å². The molecule has 0 saturated carbocycles. The summed E-state index contributed by atoms with van der Waals surface area (Å²) in [4.78, 5) is 12.1. The van der Waals surface area contributed by atoms with Crippen LogP contribution in [0.5, 0.6) is 0 Å². The molecule has 2 N–H and O–H groups in total. The molecule has 3 heterocycles. The van der Waals surface area contributed by atoms with Crippen molar-refractivity contribution in [1.29, 1.82) is 0 Å². The highest BCUT2D eigenvalue weighted by Gasteiger charge is 2.19. The largest absolute Gasteiger partial charge is 0.382 e. The van der Waals surface area contributed by atoms with E-state index in [4.69, 9.17) is 15.5 Å². The van der Waals surface area contributed by atoms with Crippen molar-refractivity contribution in [2.45, 2.75) is 78.6 Å². The standard InChI is InChI=1S/C29H39N5O/c1-3-4-17-26-31-27-25(16-10-6-11-18-33-19-12-7-13-20-33)23(2)34(28(27)29(30)32-26)22-35-21-24-14-8-5-9-15-24/h5,8-9,14-15H,3-4,6-7,11-13,17-22H2,1-2H3,(H2,30,31,32). The molecule has 0 radical (unpaired) electrons. The number of ether oxygens (including phenoxy) is 1. The van der Waals surface area contributed by atoms with E-state index in [9.17, 15) is 0 Å². The Morgan fingerprint density at radius 2 is 1.86 bits per heavy atom. The van der Waals surface area contributed by atoms with Crippen molar-refractivity contribution in [2.75, 3.05) is 25.4 Å². The number of hydrogen-bond acceptors (Lipinski definition) is 5. The van der Waals surface area contributed by atoms with Crippen molar-refractivity contribution < 1.29 is 4.74 Å². The number of anilines is 1. The minimum Gasteiger partial charge on any atom is -0.382 e. The normalized spacial score (nSPS) is 14.2. The van der Waals surface area contributed by atoms with E-state index in [0.29, 0.717) is 19.2 Å². The van der Waals surface area contributed by atoms with Crippen LogP contribution in [0.1, 0.15) is 74.5 Å². The molecule has 1 aliphatic heterocycles. The molecule has 1 fully saturated rings. The predicted molar refractivity (Wildman–Crippen MR) is 143 cm³/mol. The number of benzene rings is 1.